The van der Waals surface area contributed by atoms with Crippen LogP contribution in [0.3, 0.4) is 0 Å². The number of carbonyl (C=O) groups is 7. The van der Waals surface area contributed by atoms with Crippen LogP contribution in [0.25, 0.3) is 0 Å². The molecule has 20 nitrogen and oxygen atoms in total. The van der Waals surface area contributed by atoms with Gasteiger partial charge in [-0.3, -0.25) is 34.0 Å². The first-order valence-corrected chi connectivity index (χ1v) is 13.3. The maximum absolute atomic E-state index is 12.9. The molecule has 5 atom stereocenters. The van der Waals surface area contributed by atoms with Gasteiger partial charge >= 0.3 is 5.97 Å². The lowest BCUT2D eigenvalue weighted by Gasteiger charge is -2.26. The number of aliphatic hydroxyl groups is 2. The lowest BCUT2D eigenvalue weighted by atomic mass is 10.1. The van der Waals surface area contributed by atoms with Crippen molar-refractivity contribution in [3.8, 4) is 0 Å². The minimum absolute atomic E-state index is 0.0424. The monoisotopic (exact) mass is 620 g/mol. The first kappa shape index (κ1) is 38.7. The summed E-state index contributed by atoms with van der Waals surface area (Å²) in [5, 5.41) is 52.2. The molecular formula is C23H40N8O12. The van der Waals surface area contributed by atoms with Crippen LogP contribution in [-0.4, -0.2) is 131 Å². The van der Waals surface area contributed by atoms with Crippen LogP contribution in [-0.2, 0) is 33.6 Å². The van der Waals surface area contributed by atoms with Gasteiger partial charge < -0.3 is 47.6 Å². The molecule has 5 unspecified atom stereocenters. The van der Waals surface area contributed by atoms with Crippen LogP contribution in [0, 0.1) is 4.91 Å². The number of rotatable bonds is 25. The molecule has 0 fully saturated rings. The molecule has 0 saturated carbocycles. The molecular weight excluding hydrogens is 580 g/mol. The molecule has 0 radical (unpaired) electrons. The van der Waals surface area contributed by atoms with Gasteiger partial charge in [0, 0.05) is 13.1 Å². The number of amides is 6. The molecule has 0 rings (SSSR count). The second kappa shape index (κ2) is 22.3. The van der Waals surface area contributed by atoms with Gasteiger partial charge in [-0.05, 0) is 45.1 Å². The van der Waals surface area contributed by atoms with Crippen molar-refractivity contribution < 1.29 is 54.1 Å². The van der Waals surface area contributed by atoms with Crippen LogP contribution in [0.5, 0.6) is 0 Å². The van der Waals surface area contributed by atoms with E-state index in [0.717, 1.165) is 0 Å². The van der Waals surface area contributed by atoms with Crippen molar-refractivity contribution in [2.45, 2.75) is 68.8 Å². The number of aliphatic carboxylic acids is 1. The van der Waals surface area contributed by atoms with Crippen LogP contribution in [0.1, 0.15) is 38.5 Å². The van der Waals surface area contributed by atoms with Gasteiger partial charge in [-0.2, -0.15) is 4.91 Å². The highest BCUT2D eigenvalue weighted by Crippen LogP contribution is 2.04. The predicted octanol–water partition coefficient (Wildman–Crippen LogP) is -4.98. The van der Waals surface area contributed by atoms with Gasteiger partial charge in [0.05, 0.1) is 13.2 Å². The summed E-state index contributed by atoms with van der Waals surface area (Å²) < 4.78 is 0. The van der Waals surface area contributed by atoms with Crippen LogP contribution in [0.15, 0.2) is 5.18 Å². The predicted molar refractivity (Wildman–Crippen MR) is 144 cm³/mol. The average Bonchev–Trinajstić information content (AvgIpc) is 2.98. The zero-order valence-corrected chi connectivity index (χ0v) is 23.3. The van der Waals surface area contributed by atoms with Crippen molar-refractivity contribution in [2.75, 3.05) is 32.8 Å². The van der Waals surface area contributed by atoms with E-state index < -0.39 is 66.5 Å². The molecule has 0 aromatic heterocycles. The number of nitrogens with zero attached hydrogens (tertiary/aromatic N) is 2. The van der Waals surface area contributed by atoms with Crippen molar-refractivity contribution in [1.82, 2.24) is 31.6 Å². The summed E-state index contributed by atoms with van der Waals surface area (Å²) in [5.74, 6) is -6.22. The Bertz CT molecular complexity index is 940. The maximum atomic E-state index is 12.9. The van der Waals surface area contributed by atoms with E-state index in [4.69, 9.17) is 5.73 Å². The third kappa shape index (κ3) is 15.5. The summed E-state index contributed by atoms with van der Waals surface area (Å²) >= 11 is 0. The molecule has 0 aromatic carbocycles. The summed E-state index contributed by atoms with van der Waals surface area (Å²) in [6.07, 6.45) is -1.25. The Kier molecular flexibility index (Phi) is 20.1. The Morgan fingerprint density at radius 1 is 0.860 bits per heavy atom. The Hall–Kier alpha value is -4.27. The van der Waals surface area contributed by atoms with E-state index in [1.807, 2.05) is 10.6 Å². The molecule has 20 heteroatoms. The molecule has 0 aliphatic carbocycles. The van der Waals surface area contributed by atoms with Crippen LogP contribution in [0.2, 0.25) is 0 Å². The number of hydrogen-bond acceptors (Lipinski definition) is 13. The normalized spacial score (nSPS) is 14.0. The van der Waals surface area contributed by atoms with Gasteiger partial charge in [-0.25, -0.2) is 9.86 Å². The Labute approximate surface area is 246 Å². The first-order valence-electron chi connectivity index (χ1n) is 13.3. The van der Waals surface area contributed by atoms with E-state index in [-0.39, 0.29) is 58.1 Å². The van der Waals surface area contributed by atoms with Gasteiger partial charge in [0.25, 0.3) is 0 Å². The van der Waals surface area contributed by atoms with Crippen molar-refractivity contribution in [1.29, 1.82) is 0 Å². The summed E-state index contributed by atoms with van der Waals surface area (Å²) in [6.45, 7) is -0.854. The number of hydroxylamine groups is 2. The number of unbranched alkanes of at least 4 members (excludes halogenated alkanes) is 1. The zero-order valence-electron chi connectivity index (χ0n) is 23.3. The number of carboxylic acid groups (broad SMARTS) is 1. The summed E-state index contributed by atoms with van der Waals surface area (Å²) in [5.41, 5.74) is 5.42. The molecule has 6 amide bonds. The highest BCUT2D eigenvalue weighted by Gasteiger charge is 2.37. The van der Waals surface area contributed by atoms with Crippen LogP contribution in [0.4, 0.5) is 0 Å². The van der Waals surface area contributed by atoms with Crippen molar-refractivity contribution >= 4 is 42.4 Å². The van der Waals surface area contributed by atoms with E-state index in [9.17, 15) is 59.0 Å². The zero-order chi connectivity index (χ0) is 32.8. The van der Waals surface area contributed by atoms with Gasteiger partial charge in [0.2, 0.25) is 36.4 Å². The number of nitrogens with one attached hydrogen (secondary N) is 5. The number of hydrogen-bond donors (Lipinski definition) is 10. The molecule has 244 valence electrons. The number of aliphatic hydroxyl groups excluding tert-OH is 2. The highest BCUT2D eigenvalue weighted by molar-refractivity contribution is 5.97. The smallest absolute Gasteiger partial charge is 0.335 e. The molecule has 0 aliphatic rings. The van der Waals surface area contributed by atoms with Crippen molar-refractivity contribution in [2.24, 2.45) is 10.9 Å². The lowest BCUT2D eigenvalue weighted by molar-refractivity contribution is -0.152. The second-order valence-corrected chi connectivity index (χ2v) is 9.10. The van der Waals surface area contributed by atoms with Gasteiger partial charge in [-0.15, -0.1) is 0 Å². The van der Waals surface area contributed by atoms with E-state index in [2.05, 4.69) is 21.1 Å². The third-order valence-corrected chi connectivity index (χ3v) is 5.86. The Morgan fingerprint density at radius 2 is 1.49 bits per heavy atom. The Morgan fingerprint density at radius 3 is 2.05 bits per heavy atom. The minimum Gasteiger partial charge on any atom is -0.479 e. The standard InChI is InChI=1S/C23H40N8O12/c24-7-1-2-8-25-19(36)15(6-4-10-31(43)13-34)28-21(38)16(11-32)29-22(39)17(18(35)23(40)41)30-20(37)14(26-12-33)5-3-9-27-42/h12-18,32,35,43H,1-11,24H2,(H,25,36)(H,26,33)(H,28,38)(H,29,39)(H,30,37)(H,40,41). The summed E-state index contributed by atoms with van der Waals surface area (Å²) in [7, 11) is 0. The van der Waals surface area contributed by atoms with E-state index in [0.29, 0.717) is 24.4 Å². The maximum Gasteiger partial charge on any atom is 0.335 e. The molecule has 43 heavy (non-hydrogen) atoms. The topological polar surface area (TPSA) is 319 Å². The SMILES string of the molecule is NCCCCNC(=O)C(CCCN(O)C=O)NC(=O)C(CO)NC(=O)C(NC(=O)C(CCCN=O)NC=O)C(O)C(=O)O. The van der Waals surface area contributed by atoms with Crippen molar-refractivity contribution in [3.63, 3.8) is 0 Å². The number of carbonyl (C=O) groups excluding carboxylic acids is 6. The molecule has 0 spiro atoms. The molecule has 0 heterocycles. The molecule has 11 N–H and O–H groups in total. The Balaban J connectivity index is 5.70. The third-order valence-electron chi connectivity index (χ3n) is 5.86. The highest BCUT2D eigenvalue weighted by atomic mass is 16.5. The quantitative estimate of drug-likeness (QED) is 0.0150. The fourth-order valence-electron chi connectivity index (χ4n) is 3.53. The number of nitroso groups, excluding NO2 is 1. The minimum atomic E-state index is -2.54. The van der Waals surface area contributed by atoms with Gasteiger partial charge in [0.15, 0.2) is 6.10 Å². The largest absolute Gasteiger partial charge is 0.479 e. The molecule has 0 bridgehead atoms. The first-order chi connectivity index (χ1) is 20.5. The molecule has 0 aliphatic heterocycles. The fourth-order valence-corrected chi connectivity index (χ4v) is 3.53. The molecule has 0 aromatic rings. The summed E-state index contributed by atoms with van der Waals surface area (Å²) in [4.78, 5) is 94.3. The second-order valence-electron chi connectivity index (χ2n) is 9.10. The van der Waals surface area contributed by atoms with E-state index in [1.165, 1.54) is 0 Å². The fraction of sp³-hybridized carbons (Fsp3) is 0.696. The summed E-state index contributed by atoms with van der Waals surface area (Å²) in [6, 6.07) is -6.61. The van der Waals surface area contributed by atoms with E-state index in [1.54, 1.807) is 0 Å². The van der Waals surface area contributed by atoms with E-state index >= 15 is 0 Å². The van der Waals surface area contributed by atoms with Gasteiger partial charge in [0.1, 0.15) is 24.2 Å². The van der Waals surface area contributed by atoms with Crippen molar-refractivity contribution in [3.05, 3.63) is 4.91 Å². The lowest BCUT2D eigenvalue weighted by Crippen LogP contribution is -2.62. The molecule has 0 saturated heterocycles. The number of carboxylic acids is 1. The number of nitrogens with two attached hydrogens (primary N) is 1. The average molecular weight is 621 g/mol. The van der Waals surface area contributed by atoms with Crippen LogP contribution < -0.4 is 32.3 Å². The van der Waals surface area contributed by atoms with Crippen LogP contribution >= 0.6 is 0 Å². The van der Waals surface area contributed by atoms with Gasteiger partial charge in [-0.1, -0.05) is 5.18 Å².